The first-order valence-electron chi connectivity index (χ1n) is 20.7. The van der Waals surface area contributed by atoms with Crippen LogP contribution in [0.4, 0.5) is 5.82 Å². The van der Waals surface area contributed by atoms with Gasteiger partial charge >= 0.3 is 0 Å². The van der Waals surface area contributed by atoms with Crippen LogP contribution < -0.4 is 20.3 Å². The molecule has 2 saturated heterocycles. The molecule has 3 fully saturated rings. The standard InChI is InChI=1S/C45H52ClN7O7/c1-44(2)42(45(3,4)43(44)60-31-14-12-29(26-47)33(46)25-31)50-38(55)30-13-16-35(48-27-30)52-20-18-51(19-21-52)22-24-59-23-7-5-6-9-28-10-8-11-32-37(28)41(58)53(40(32)57)34-15-17-36(54)49-39(34)56/h8,10-14,16,25,27,34,42-43H,5-7,9,15,17-24H2,1-4H3,(H,50,55)(H,49,54,56)/t34-,42-,43-/m0/s1. The molecule has 14 nitrogen and oxygen atoms in total. The van der Waals surface area contributed by atoms with Gasteiger partial charge in [-0.1, -0.05) is 57.8 Å². The van der Waals surface area contributed by atoms with Crippen LogP contribution >= 0.6 is 11.6 Å². The summed E-state index contributed by atoms with van der Waals surface area (Å²) in [6.45, 7) is 13.8. The Morgan fingerprint density at radius 2 is 1.73 bits per heavy atom. The van der Waals surface area contributed by atoms with Gasteiger partial charge in [0.15, 0.2) is 0 Å². The van der Waals surface area contributed by atoms with Crippen molar-refractivity contribution in [2.45, 2.75) is 84.4 Å². The Morgan fingerprint density at radius 1 is 0.967 bits per heavy atom. The number of ether oxygens (including phenoxy) is 2. The number of hydrogen-bond donors (Lipinski definition) is 2. The molecule has 3 aliphatic heterocycles. The van der Waals surface area contributed by atoms with Crippen LogP contribution in [0, 0.1) is 22.2 Å². The number of piperidine rings is 1. The lowest BCUT2D eigenvalue weighted by Crippen LogP contribution is -2.74. The van der Waals surface area contributed by atoms with E-state index in [-0.39, 0.29) is 41.7 Å². The number of piperazine rings is 1. The average Bonchev–Trinajstić information content (AvgIpc) is 3.48. The van der Waals surface area contributed by atoms with Gasteiger partial charge in [-0.15, -0.1) is 0 Å². The second kappa shape index (κ2) is 17.7. The quantitative estimate of drug-likeness (QED) is 0.153. The van der Waals surface area contributed by atoms with Crippen molar-refractivity contribution in [1.82, 2.24) is 25.4 Å². The zero-order chi connectivity index (χ0) is 42.8. The fourth-order valence-corrected chi connectivity index (χ4v) is 9.72. The topological polar surface area (TPSA) is 174 Å². The van der Waals surface area contributed by atoms with Gasteiger partial charge in [0.1, 0.15) is 29.8 Å². The maximum absolute atomic E-state index is 13.4. The number of pyridine rings is 1. The number of fused-ring (bicyclic) bond motifs is 1. The zero-order valence-electron chi connectivity index (χ0n) is 34.6. The Labute approximate surface area is 355 Å². The maximum Gasteiger partial charge on any atom is 0.262 e. The lowest BCUT2D eigenvalue weighted by molar-refractivity contribution is -0.164. The Kier molecular flexibility index (Phi) is 12.6. The smallest absolute Gasteiger partial charge is 0.262 e. The van der Waals surface area contributed by atoms with Crippen LogP contribution in [0.3, 0.4) is 0 Å². The van der Waals surface area contributed by atoms with E-state index in [0.29, 0.717) is 52.7 Å². The van der Waals surface area contributed by atoms with Crippen molar-refractivity contribution in [1.29, 1.82) is 5.26 Å². The van der Waals surface area contributed by atoms with E-state index < -0.39 is 29.7 Å². The minimum absolute atomic E-state index is 0.0896. The fourth-order valence-electron chi connectivity index (χ4n) is 9.50. The summed E-state index contributed by atoms with van der Waals surface area (Å²) >= 11 is 6.24. The molecule has 60 heavy (non-hydrogen) atoms. The molecule has 7 rings (SSSR count). The Hall–Kier alpha value is -5.36. The summed E-state index contributed by atoms with van der Waals surface area (Å²) in [5.41, 5.74) is 1.62. The van der Waals surface area contributed by atoms with Gasteiger partial charge < -0.3 is 19.7 Å². The number of nitrogens with zero attached hydrogens (tertiary/aromatic N) is 5. The highest BCUT2D eigenvalue weighted by molar-refractivity contribution is 6.31. The summed E-state index contributed by atoms with van der Waals surface area (Å²) in [7, 11) is 0. The summed E-state index contributed by atoms with van der Waals surface area (Å²) in [5.74, 6) is -0.712. The highest BCUT2D eigenvalue weighted by Gasteiger charge is 2.64. The molecule has 316 valence electrons. The van der Waals surface area contributed by atoms with Gasteiger partial charge in [0, 0.05) is 74.9 Å². The minimum atomic E-state index is -0.971. The highest BCUT2D eigenvalue weighted by Crippen LogP contribution is 2.55. The summed E-state index contributed by atoms with van der Waals surface area (Å²) in [5, 5.41) is 15.0. The van der Waals surface area contributed by atoms with Crippen molar-refractivity contribution in [3.63, 3.8) is 0 Å². The van der Waals surface area contributed by atoms with Crippen LogP contribution in [0.25, 0.3) is 0 Å². The normalized spacial score (nSPS) is 22.2. The van der Waals surface area contributed by atoms with Crippen molar-refractivity contribution in [2.75, 3.05) is 50.8 Å². The van der Waals surface area contributed by atoms with E-state index in [4.69, 9.17) is 21.1 Å². The number of benzene rings is 2. The number of amides is 5. The number of aromatic nitrogens is 1. The molecule has 4 heterocycles. The van der Waals surface area contributed by atoms with E-state index >= 15 is 0 Å². The molecule has 3 aromatic rings. The number of imide groups is 2. The van der Waals surface area contributed by atoms with Crippen LogP contribution in [0.1, 0.15) is 102 Å². The van der Waals surface area contributed by atoms with E-state index in [9.17, 15) is 29.2 Å². The number of carbonyl (C=O) groups is 5. The summed E-state index contributed by atoms with van der Waals surface area (Å²) < 4.78 is 12.3. The third kappa shape index (κ3) is 8.62. The molecule has 15 heteroatoms. The van der Waals surface area contributed by atoms with E-state index in [1.54, 1.807) is 36.5 Å². The predicted octanol–water partition coefficient (Wildman–Crippen LogP) is 5.17. The highest BCUT2D eigenvalue weighted by atomic mass is 35.5. The second-order valence-corrected chi connectivity index (χ2v) is 17.7. The Morgan fingerprint density at radius 3 is 2.42 bits per heavy atom. The number of aryl methyl sites for hydroxylation is 1. The molecule has 1 atom stereocenters. The maximum atomic E-state index is 13.4. The van der Waals surface area contributed by atoms with E-state index in [1.807, 2.05) is 18.2 Å². The molecule has 0 bridgehead atoms. The molecule has 0 spiro atoms. The first-order valence-corrected chi connectivity index (χ1v) is 21.1. The van der Waals surface area contributed by atoms with Gasteiger partial charge in [-0.25, -0.2) is 4.98 Å². The van der Waals surface area contributed by atoms with Crippen LogP contribution in [-0.4, -0.2) is 108 Å². The van der Waals surface area contributed by atoms with Crippen LogP contribution in [-0.2, 0) is 20.7 Å². The second-order valence-electron chi connectivity index (χ2n) is 17.2. The van der Waals surface area contributed by atoms with Gasteiger partial charge in [-0.3, -0.25) is 39.1 Å². The van der Waals surface area contributed by atoms with Crippen molar-refractivity contribution in [2.24, 2.45) is 10.8 Å². The summed E-state index contributed by atoms with van der Waals surface area (Å²) in [4.78, 5) is 74.1. The molecule has 2 aromatic carbocycles. The number of nitriles is 1. The van der Waals surface area contributed by atoms with Crippen LogP contribution in [0.2, 0.25) is 5.02 Å². The number of hydrogen-bond acceptors (Lipinski definition) is 11. The molecular formula is C45H52ClN7O7. The predicted molar refractivity (Wildman–Crippen MR) is 224 cm³/mol. The molecule has 4 aliphatic rings. The molecule has 1 aromatic heterocycles. The third-order valence-corrected chi connectivity index (χ3v) is 12.8. The first-order chi connectivity index (χ1) is 28.7. The Bertz CT molecular complexity index is 2180. The molecule has 0 unspecified atom stereocenters. The summed E-state index contributed by atoms with van der Waals surface area (Å²) in [6, 6.07) is 15.0. The van der Waals surface area contributed by atoms with Crippen molar-refractivity contribution in [3.05, 3.63) is 87.6 Å². The van der Waals surface area contributed by atoms with Gasteiger partial charge in [-0.2, -0.15) is 5.26 Å². The van der Waals surface area contributed by atoms with Gasteiger partial charge in [0.25, 0.3) is 17.7 Å². The molecule has 1 aliphatic carbocycles. The van der Waals surface area contributed by atoms with Crippen molar-refractivity contribution >= 4 is 47.0 Å². The lowest BCUT2D eigenvalue weighted by Gasteiger charge is -2.63. The Balaban J connectivity index is 0.785. The van der Waals surface area contributed by atoms with Crippen LogP contribution in [0.15, 0.2) is 54.7 Å². The number of carbonyl (C=O) groups excluding carboxylic acids is 5. The number of halogens is 1. The molecule has 1 saturated carbocycles. The SMILES string of the molecule is CC1(C)[C@H](NC(=O)c2ccc(N3CCN(CCOCCCCCc4cccc5c4C(=O)N([C@H]4CCC(=O)NC4=O)C5=O)CC3)nc2)C(C)(C)[C@H]1Oc1ccc(C#N)c(Cl)c1. The number of rotatable bonds is 15. The number of unbranched alkanes of at least 4 members (excludes halogenated alkanes) is 2. The van der Waals surface area contributed by atoms with E-state index in [1.165, 1.54) is 0 Å². The first kappa shape index (κ1) is 42.8. The zero-order valence-corrected chi connectivity index (χ0v) is 35.3. The lowest BCUT2D eigenvalue weighted by atomic mass is 9.49. The van der Waals surface area contributed by atoms with Crippen LogP contribution in [0.5, 0.6) is 5.75 Å². The molecule has 0 radical (unpaired) electrons. The van der Waals surface area contributed by atoms with E-state index in [0.717, 1.165) is 68.3 Å². The molecular weight excluding hydrogens is 786 g/mol. The number of anilines is 1. The van der Waals surface area contributed by atoms with E-state index in [2.05, 4.69) is 59.2 Å². The molecule has 2 N–H and O–H groups in total. The largest absolute Gasteiger partial charge is 0.489 e. The van der Waals surface area contributed by atoms with Crippen molar-refractivity contribution in [3.8, 4) is 11.8 Å². The number of nitrogens with one attached hydrogen (secondary N) is 2. The fraction of sp³-hybridized carbons (Fsp3) is 0.489. The monoisotopic (exact) mass is 837 g/mol. The summed E-state index contributed by atoms with van der Waals surface area (Å²) in [6.07, 6.45) is 4.90. The minimum Gasteiger partial charge on any atom is -0.489 e. The molecule has 5 amide bonds. The van der Waals surface area contributed by atoms with Gasteiger partial charge in [0.05, 0.1) is 33.9 Å². The third-order valence-electron chi connectivity index (χ3n) is 12.5. The van der Waals surface area contributed by atoms with Gasteiger partial charge in [0.2, 0.25) is 11.8 Å². The average molecular weight is 838 g/mol. The van der Waals surface area contributed by atoms with Gasteiger partial charge in [-0.05, 0) is 61.6 Å². The van der Waals surface area contributed by atoms with Crippen molar-refractivity contribution < 1.29 is 33.4 Å².